The standard InChI is InChI=1S/C14H17BrN2O3/c1-8-6-11(15)7-16-12(8)17-13(18)9-2-4-10(5-3-9)14(19)20/h6-7,9-10H,2-5H2,1H3,(H,19,20)(H,16,17,18). The topological polar surface area (TPSA) is 79.3 Å². The molecule has 0 atom stereocenters. The first-order valence-corrected chi connectivity index (χ1v) is 7.42. The second kappa shape index (κ2) is 6.35. The summed E-state index contributed by atoms with van der Waals surface area (Å²) < 4.78 is 0.870. The number of rotatable bonds is 3. The van der Waals surface area contributed by atoms with Gasteiger partial charge in [-0.15, -0.1) is 0 Å². The fraction of sp³-hybridized carbons (Fsp3) is 0.500. The number of hydrogen-bond acceptors (Lipinski definition) is 3. The Labute approximate surface area is 125 Å². The predicted octanol–water partition coefficient (Wildman–Crippen LogP) is 2.98. The van der Waals surface area contributed by atoms with E-state index in [9.17, 15) is 9.59 Å². The number of aliphatic carboxylic acids is 1. The number of carbonyl (C=O) groups is 2. The number of carbonyl (C=O) groups excluding carboxylic acids is 1. The number of hydrogen-bond donors (Lipinski definition) is 2. The minimum atomic E-state index is -0.755. The summed E-state index contributed by atoms with van der Waals surface area (Å²) in [6.45, 7) is 1.88. The van der Waals surface area contributed by atoms with Gasteiger partial charge in [-0.2, -0.15) is 0 Å². The van der Waals surface area contributed by atoms with Gasteiger partial charge in [0, 0.05) is 16.6 Å². The lowest BCUT2D eigenvalue weighted by Gasteiger charge is -2.25. The van der Waals surface area contributed by atoms with Crippen molar-refractivity contribution >= 4 is 33.6 Å². The summed E-state index contributed by atoms with van der Waals surface area (Å²) in [5.41, 5.74) is 0.895. The van der Waals surface area contributed by atoms with E-state index in [1.165, 1.54) is 0 Å². The molecule has 0 bridgehead atoms. The predicted molar refractivity (Wildman–Crippen MR) is 78.4 cm³/mol. The zero-order chi connectivity index (χ0) is 14.7. The van der Waals surface area contributed by atoms with Crippen molar-refractivity contribution in [3.63, 3.8) is 0 Å². The Balaban J connectivity index is 1.94. The Morgan fingerprint density at radius 3 is 2.45 bits per heavy atom. The molecule has 0 spiro atoms. The maximum atomic E-state index is 12.2. The van der Waals surface area contributed by atoms with Crippen molar-refractivity contribution in [2.24, 2.45) is 11.8 Å². The van der Waals surface area contributed by atoms with Gasteiger partial charge in [0.25, 0.3) is 0 Å². The molecule has 1 aromatic rings. The van der Waals surface area contributed by atoms with Gasteiger partial charge >= 0.3 is 5.97 Å². The van der Waals surface area contributed by atoms with Crippen LogP contribution < -0.4 is 5.32 Å². The molecule has 0 unspecified atom stereocenters. The van der Waals surface area contributed by atoms with Gasteiger partial charge in [-0.25, -0.2) is 4.98 Å². The third-order valence-electron chi connectivity index (χ3n) is 3.73. The summed E-state index contributed by atoms with van der Waals surface area (Å²) in [6, 6.07) is 1.89. The number of pyridine rings is 1. The summed E-state index contributed by atoms with van der Waals surface area (Å²) >= 11 is 3.33. The molecule has 6 heteroatoms. The number of aryl methyl sites for hydroxylation is 1. The quantitative estimate of drug-likeness (QED) is 0.886. The molecule has 2 rings (SSSR count). The van der Waals surface area contributed by atoms with Crippen LogP contribution in [0.2, 0.25) is 0 Å². The first kappa shape index (κ1) is 15.0. The van der Waals surface area contributed by atoms with E-state index in [4.69, 9.17) is 5.11 Å². The molecule has 0 aliphatic heterocycles. The Kier molecular flexibility index (Phi) is 4.75. The van der Waals surface area contributed by atoms with Crippen molar-refractivity contribution in [3.8, 4) is 0 Å². The van der Waals surface area contributed by atoms with Crippen LogP contribution in [-0.2, 0) is 9.59 Å². The highest BCUT2D eigenvalue weighted by Gasteiger charge is 2.29. The molecule has 1 aromatic heterocycles. The Hall–Kier alpha value is -1.43. The van der Waals surface area contributed by atoms with E-state index in [2.05, 4.69) is 26.2 Å². The smallest absolute Gasteiger partial charge is 0.306 e. The van der Waals surface area contributed by atoms with Crippen molar-refractivity contribution in [3.05, 3.63) is 22.3 Å². The summed E-state index contributed by atoms with van der Waals surface area (Å²) in [5, 5.41) is 11.8. The summed E-state index contributed by atoms with van der Waals surface area (Å²) in [5.74, 6) is -0.665. The lowest BCUT2D eigenvalue weighted by molar-refractivity contribution is -0.143. The Morgan fingerprint density at radius 2 is 1.90 bits per heavy atom. The molecule has 1 saturated carbocycles. The van der Waals surface area contributed by atoms with Crippen molar-refractivity contribution in [2.45, 2.75) is 32.6 Å². The van der Waals surface area contributed by atoms with Gasteiger partial charge < -0.3 is 10.4 Å². The number of aromatic nitrogens is 1. The second-order valence-corrected chi connectivity index (χ2v) is 6.11. The number of anilines is 1. The lowest BCUT2D eigenvalue weighted by atomic mass is 9.81. The number of nitrogens with one attached hydrogen (secondary N) is 1. The third kappa shape index (κ3) is 3.56. The Bertz CT molecular complexity index is 525. The van der Waals surface area contributed by atoms with Gasteiger partial charge in [-0.05, 0) is 60.2 Å². The minimum absolute atomic E-state index is 0.0632. The zero-order valence-corrected chi connectivity index (χ0v) is 12.8. The molecule has 1 aliphatic carbocycles. The zero-order valence-electron chi connectivity index (χ0n) is 11.2. The first-order chi connectivity index (χ1) is 9.47. The van der Waals surface area contributed by atoms with Crippen LogP contribution >= 0.6 is 15.9 Å². The molecule has 0 radical (unpaired) electrons. The van der Waals surface area contributed by atoms with Gasteiger partial charge in [0.1, 0.15) is 5.82 Å². The van der Waals surface area contributed by atoms with Gasteiger partial charge in [0.05, 0.1) is 5.92 Å². The van der Waals surface area contributed by atoms with Crippen LogP contribution in [-0.4, -0.2) is 22.0 Å². The molecule has 0 aromatic carbocycles. The highest BCUT2D eigenvalue weighted by Crippen LogP contribution is 2.30. The summed E-state index contributed by atoms with van der Waals surface area (Å²) in [7, 11) is 0. The van der Waals surface area contributed by atoms with Gasteiger partial charge in [0.15, 0.2) is 0 Å². The van der Waals surface area contributed by atoms with Crippen molar-refractivity contribution < 1.29 is 14.7 Å². The third-order valence-corrected chi connectivity index (χ3v) is 4.17. The summed E-state index contributed by atoms with van der Waals surface area (Å²) in [4.78, 5) is 27.2. The van der Waals surface area contributed by atoms with Crippen molar-refractivity contribution in [1.29, 1.82) is 0 Å². The van der Waals surface area contributed by atoms with Crippen LogP contribution in [0.1, 0.15) is 31.2 Å². The van der Waals surface area contributed by atoms with E-state index in [0.29, 0.717) is 31.5 Å². The molecule has 5 nitrogen and oxygen atoms in total. The fourth-order valence-corrected chi connectivity index (χ4v) is 2.94. The van der Waals surface area contributed by atoms with Gasteiger partial charge in [-0.3, -0.25) is 9.59 Å². The van der Waals surface area contributed by atoms with E-state index in [1.54, 1.807) is 6.20 Å². The van der Waals surface area contributed by atoms with Crippen LogP contribution in [0.15, 0.2) is 16.7 Å². The molecule has 2 N–H and O–H groups in total. The molecule has 0 saturated heterocycles. The molecule has 20 heavy (non-hydrogen) atoms. The van der Waals surface area contributed by atoms with Crippen LogP contribution in [0.3, 0.4) is 0 Å². The highest BCUT2D eigenvalue weighted by molar-refractivity contribution is 9.10. The SMILES string of the molecule is Cc1cc(Br)cnc1NC(=O)C1CCC(C(=O)O)CC1. The molecule has 1 aliphatic rings. The number of halogens is 1. The lowest BCUT2D eigenvalue weighted by Crippen LogP contribution is -2.30. The van der Waals surface area contributed by atoms with Crippen molar-refractivity contribution in [1.82, 2.24) is 4.98 Å². The average molecular weight is 341 g/mol. The first-order valence-electron chi connectivity index (χ1n) is 6.63. The van der Waals surface area contributed by atoms with E-state index in [0.717, 1.165) is 10.0 Å². The maximum Gasteiger partial charge on any atom is 0.306 e. The number of carboxylic acids is 1. The molecular weight excluding hydrogens is 324 g/mol. The molecule has 108 valence electrons. The normalized spacial score (nSPS) is 22.3. The maximum absolute atomic E-state index is 12.2. The molecule has 1 fully saturated rings. The van der Waals surface area contributed by atoms with Crippen LogP contribution in [0.4, 0.5) is 5.82 Å². The molecule has 1 heterocycles. The second-order valence-electron chi connectivity index (χ2n) is 5.20. The van der Waals surface area contributed by atoms with E-state index in [1.807, 2.05) is 13.0 Å². The highest BCUT2D eigenvalue weighted by atomic mass is 79.9. The number of amides is 1. The van der Waals surface area contributed by atoms with Crippen LogP contribution in [0, 0.1) is 18.8 Å². The van der Waals surface area contributed by atoms with Gasteiger partial charge in [0.2, 0.25) is 5.91 Å². The van der Waals surface area contributed by atoms with Crippen LogP contribution in [0.5, 0.6) is 0 Å². The monoisotopic (exact) mass is 340 g/mol. The Morgan fingerprint density at radius 1 is 1.30 bits per heavy atom. The molecular formula is C14H17BrN2O3. The largest absolute Gasteiger partial charge is 0.481 e. The fourth-order valence-electron chi connectivity index (χ4n) is 2.49. The number of carboxylic acid groups (broad SMARTS) is 1. The minimum Gasteiger partial charge on any atom is -0.481 e. The molecule has 1 amide bonds. The van der Waals surface area contributed by atoms with E-state index in [-0.39, 0.29) is 17.7 Å². The van der Waals surface area contributed by atoms with E-state index >= 15 is 0 Å². The number of nitrogens with zero attached hydrogens (tertiary/aromatic N) is 1. The van der Waals surface area contributed by atoms with Crippen LogP contribution in [0.25, 0.3) is 0 Å². The van der Waals surface area contributed by atoms with Crippen molar-refractivity contribution in [2.75, 3.05) is 5.32 Å². The summed E-state index contributed by atoms with van der Waals surface area (Å²) in [6.07, 6.45) is 4.03. The van der Waals surface area contributed by atoms with E-state index < -0.39 is 5.97 Å². The average Bonchev–Trinajstić information content (AvgIpc) is 2.42. The van der Waals surface area contributed by atoms with Gasteiger partial charge in [-0.1, -0.05) is 0 Å².